The van der Waals surface area contributed by atoms with Crippen molar-refractivity contribution in [2.45, 2.75) is 45.1 Å². The van der Waals surface area contributed by atoms with Crippen LogP contribution in [0.1, 0.15) is 42.2 Å². The van der Waals surface area contributed by atoms with Gasteiger partial charge in [0.25, 0.3) is 0 Å². The minimum atomic E-state index is 0.264. The van der Waals surface area contributed by atoms with Crippen LogP contribution in [0, 0.1) is 13.8 Å². The molecule has 100 valence electrons. The summed E-state index contributed by atoms with van der Waals surface area (Å²) in [6, 6.07) is 2.34. The molecule has 5 nitrogen and oxygen atoms in total. The predicted molar refractivity (Wildman–Crippen MR) is 71.6 cm³/mol. The van der Waals surface area contributed by atoms with E-state index in [1.54, 1.807) is 0 Å². The predicted octanol–water partition coefficient (Wildman–Crippen LogP) is 2.34. The Morgan fingerprint density at radius 2 is 2.16 bits per heavy atom. The first-order valence-electron chi connectivity index (χ1n) is 6.66. The SMILES string of the molecule is Cc1cnc(-c2noc([C@@H]3CC[C@H](N)C3)n2)c(C)c1. The van der Waals surface area contributed by atoms with Crippen molar-refractivity contribution in [1.82, 2.24) is 15.1 Å². The highest BCUT2D eigenvalue weighted by atomic mass is 16.5. The van der Waals surface area contributed by atoms with Crippen LogP contribution in [0.3, 0.4) is 0 Å². The fraction of sp³-hybridized carbons (Fsp3) is 0.500. The molecular formula is C14H18N4O. The molecule has 0 unspecified atom stereocenters. The van der Waals surface area contributed by atoms with Crippen LogP contribution < -0.4 is 5.73 Å². The average Bonchev–Trinajstić information content (AvgIpc) is 2.97. The second-order valence-electron chi connectivity index (χ2n) is 5.40. The molecule has 2 heterocycles. The Labute approximate surface area is 112 Å². The summed E-state index contributed by atoms with van der Waals surface area (Å²) < 4.78 is 5.38. The van der Waals surface area contributed by atoms with Crippen molar-refractivity contribution in [3.05, 3.63) is 29.3 Å². The van der Waals surface area contributed by atoms with Crippen LogP contribution >= 0.6 is 0 Å². The lowest BCUT2D eigenvalue weighted by molar-refractivity contribution is 0.353. The number of aromatic nitrogens is 3. The molecule has 0 amide bonds. The fourth-order valence-electron chi connectivity index (χ4n) is 2.69. The third kappa shape index (κ3) is 2.38. The van der Waals surface area contributed by atoms with Gasteiger partial charge in [0.15, 0.2) is 0 Å². The van der Waals surface area contributed by atoms with Gasteiger partial charge in [-0.1, -0.05) is 11.2 Å². The first-order valence-corrected chi connectivity index (χ1v) is 6.66. The Morgan fingerprint density at radius 1 is 1.32 bits per heavy atom. The topological polar surface area (TPSA) is 77.8 Å². The summed E-state index contributed by atoms with van der Waals surface area (Å²) in [5.74, 6) is 1.58. The Balaban J connectivity index is 1.88. The number of pyridine rings is 1. The standard InChI is InChI=1S/C14H18N4O/c1-8-5-9(2)12(16-7-8)13-17-14(19-18-13)10-3-4-11(15)6-10/h5,7,10-11H,3-4,6,15H2,1-2H3/t10-,11+/m1/s1. The molecule has 0 spiro atoms. The summed E-state index contributed by atoms with van der Waals surface area (Å²) in [4.78, 5) is 8.88. The minimum absolute atomic E-state index is 0.264. The van der Waals surface area contributed by atoms with Crippen molar-refractivity contribution in [2.75, 3.05) is 0 Å². The van der Waals surface area contributed by atoms with Gasteiger partial charge in [0.1, 0.15) is 5.69 Å². The number of aryl methyl sites for hydroxylation is 2. The lowest BCUT2D eigenvalue weighted by Gasteiger charge is -2.02. The van der Waals surface area contributed by atoms with Crippen molar-refractivity contribution < 1.29 is 4.52 Å². The van der Waals surface area contributed by atoms with E-state index in [-0.39, 0.29) is 6.04 Å². The third-order valence-corrected chi connectivity index (χ3v) is 3.69. The van der Waals surface area contributed by atoms with E-state index in [1.807, 2.05) is 20.0 Å². The van der Waals surface area contributed by atoms with E-state index in [0.29, 0.717) is 17.6 Å². The van der Waals surface area contributed by atoms with E-state index in [2.05, 4.69) is 21.2 Å². The van der Waals surface area contributed by atoms with Crippen molar-refractivity contribution in [3.8, 4) is 11.5 Å². The lowest BCUT2D eigenvalue weighted by atomic mass is 10.1. The largest absolute Gasteiger partial charge is 0.339 e. The molecule has 0 aliphatic heterocycles. The third-order valence-electron chi connectivity index (χ3n) is 3.69. The van der Waals surface area contributed by atoms with Gasteiger partial charge >= 0.3 is 0 Å². The lowest BCUT2D eigenvalue weighted by Crippen LogP contribution is -2.14. The monoisotopic (exact) mass is 258 g/mol. The highest BCUT2D eigenvalue weighted by Crippen LogP contribution is 2.33. The molecule has 19 heavy (non-hydrogen) atoms. The van der Waals surface area contributed by atoms with Crippen LogP contribution in [-0.2, 0) is 0 Å². The van der Waals surface area contributed by atoms with E-state index in [4.69, 9.17) is 10.3 Å². The molecule has 0 bridgehead atoms. The summed E-state index contributed by atoms with van der Waals surface area (Å²) in [7, 11) is 0. The molecule has 1 aliphatic carbocycles. The first-order chi connectivity index (χ1) is 9.13. The van der Waals surface area contributed by atoms with Gasteiger partial charge in [-0.05, 0) is 44.2 Å². The van der Waals surface area contributed by atoms with Gasteiger partial charge in [0.2, 0.25) is 11.7 Å². The normalized spacial score (nSPS) is 22.9. The Bertz CT molecular complexity index is 593. The molecule has 2 atom stereocenters. The maximum Gasteiger partial charge on any atom is 0.230 e. The molecule has 1 aliphatic rings. The molecule has 2 aromatic heterocycles. The highest BCUT2D eigenvalue weighted by Gasteiger charge is 2.28. The smallest absolute Gasteiger partial charge is 0.230 e. The van der Waals surface area contributed by atoms with Crippen LogP contribution in [0.25, 0.3) is 11.5 Å². The summed E-state index contributed by atoms with van der Waals surface area (Å²) in [5, 5.41) is 4.06. The number of rotatable bonds is 2. The molecule has 0 saturated heterocycles. The van der Waals surface area contributed by atoms with Gasteiger partial charge in [0.05, 0.1) is 0 Å². The molecule has 2 N–H and O–H groups in total. The fourth-order valence-corrected chi connectivity index (χ4v) is 2.69. The zero-order valence-corrected chi connectivity index (χ0v) is 11.3. The van der Waals surface area contributed by atoms with E-state index in [9.17, 15) is 0 Å². The second kappa shape index (κ2) is 4.74. The number of hydrogen-bond acceptors (Lipinski definition) is 5. The molecule has 1 saturated carbocycles. The minimum Gasteiger partial charge on any atom is -0.339 e. The molecule has 2 aromatic rings. The van der Waals surface area contributed by atoms with E-state index in [1.165, 1.54) is 0 Å². The van der Waals surface area contributed by atoms with Crippen LogP contribution in [0.2, 0.25) is 0 Å². The van der Waals surface area contributed by atoms with Gasteiger partial charge in [0, 0.05) is 18.2 Å². The van der Waals surface area contributed by atoms with Crippen molar-refractivity contribution in [3.63, 3.8) is 0 Å². The number of hydrogen-bond donors (Lipinski definition) is 1. The first kappa shape index (κ1) is 12.3. The Kier molecular flexibility index (Phi) is 3.06. The van der Waals surface area contributed by atoms with Gasteiger partial charge in [-0.3, -0.25) is 4.98 Å². The molecule has 0 radical (unpaired) electrons. The van der Waals surface area contributed by atoms with Crippen LogP contribution in [-0.4, -0.2) is 21.2 Å². The van der Waals surface area contributed by atoms with Gasteiger partial charge in [-0.25, -0.2) is 0 Å². The Morgan fingerprint density at radius 3 is 2.84 bits per heavy atom. The van der Waals surface area contributed by atoms with Gasteiger partial charge < -0.3 is 10.3 Å². The highest BCUT2D eigenvalue weighted by molar-refractivity contribution is 5.54. The van der Waals surface area contributed by atoms with Crippen LogP contribution in [0.4, 0.5) is 0 Å². The zero-order valence-electron chi connectivity index (χ0n) is 11.3. The molecular weight excluding hydrogens is 240 g/mol. The molecule has 3 rings (SSSR count). The maximum absolute atomic E-state index is 5.92. The Hall–Kier alpha value is -1.75. The van der Waals surface area contributed by atoms with E-state index < -0.39 is 0 Å². The maximum atomic E-state index is 5.92. The van der Waals surface area contributed by atoms with Crippen molar-refractivity contribution in [1.29, 1.82) is 0 Å². The van der Waals surface area contributed by atoms with E-state index >= 15 is 0 Å². The van der Waals surface area contributed by atoms with Crippen LogP contribution in [0.15, 0.2) is 16.8 Å². The van der Waals surface area contributed by atoms with Gasteiger partial charge in [-0.2, -0.15) is 4.98 Å². The van der Waals surface area contributed by atoms with Gasteiger partial charge in [-0.15, -0.1) is 0 Å². The molecule has 5 heteroatoms. The number of nitrogens with zero attached hydrogens (tertiary/aromatic N) is 3. The zero-order chi connectivity index (χ0) is 13.4. The number of nitrogens with two attached hydrogens (primary N) is 1. The molecule has 1 fully saturated rings. The van der Waals surface area contributed by atoms with Crippen molar-refractivity contribution in [2.24, 2.45) is 5.73 Å². The van der Waals surface area contributed by atoms with E-state index in [0.717, 1.165) is 36.1 Å². The summed E-state index contributed by atoms with van der Waals surface area (Å²) in [5.41, 5.74) is 8.91. The summed E-state index contributed by atoms with van der Waals surface area (Å²) in [6.45, 7) is 4.03. The summed E-state index contributed by atoms with van der Waals surface area (Å²) >= 11 is 0. The van der Waals surface area contributed by atoms with Crippen molar-refractivity contribution >= 4 is 0 Å². The average molecular weight is 258 g/mol. The molecule has 0 aromatic carbocycles. The van der Waals surface area contributed by atoms with Crippen LogP contribution in [0.5, 0.6) is 0 Å². The quantitative estimate of drug-likeness (QED) is 0.894. The second-order valence-corrected chi connectivity index (χ2v) is 5.40. The summed E-state index contributed by atoms with van der Waals surface area (Å²) in [6.07, 6.45) is 4.82.